The Hall–Kier alpha value is -0.820. The van der Waals surface area contributed by atoms with Gasteiger partial charge in [0.05, 0.1) is 6.10 Å². The largest absolute Gasteiger partial charge is 0.376 e. The lowest BCUT2D eigenvalue weighted by Crippen LogP contribution is -2.21. The summed E-state index contributed by atoms with van der Waals surface area (Å²) in [4.78, 5) is 0. The molecular formula is C12H16O. The summed E-state index contributed by atoms with van der Waals surface area (Å²) in [5, 5.41) is 0. The van der Waals surface area contributed by atoms with Crippen molar-refractivity contribution >= 4 is 0 Å². The highest BCUT2D eigenvalue weighted by Crippen LogP contribution is 2.39. The van der Waals surface area contributed by atoms with Crippen LogP contribution in [-0.4, -0.2) is 7.11 Å². The molecule has 0 radical (unpaired) electrons. The van der Waals surface area contributed by atoms with Crippen molar-refractivity contribution in [1.82, 2.24) is 0 Å². The van der Waals surface area contributed by atoms with E-state index in [2.05, 4.69) is 30.3 Å². The average Bonchev–Trinajstić information content (AvgIpc) is 2.12. The van der Waals surface area contributed by atoms with Crippen LogP contribution in [0.3, 0.4) is 0 Å². The summed E-state index contributed by atoms with van der Waals surface area (Å²) in [6, 6.07) is 10.5. The van der Waals surface area contributed by atoms with Crippen LogP contribution in [-0.2, 0) is 4.74 Å². The fourth-order valence-electron chi connectivity index (χ4n) is 1.99. The first-order chi connectivity index (χ1) is 6.42. The molecule has 13 heavy (non-hydrogen) atoms. The summed E-state index contributed by atoms with van der Waals surface area (Å²) < 4.78 is 5.54. The van der Waals surface area contributed by atoms with Crippen LogP contribution in [0, 0.1) is 5.92 Å². The molecule has 0 spiro atoms. The Morgan fingerprint density at radius 2 is 1.92 bits per heavy atom. The molecule has 0 bridgehead atoms. The minimum absolute atomic E-state index is 0.329. The van der Waals surface area contributed by atoms with Crippen LogP contribution >= 0.6 is 0 Å². The second-order valence-corrected chi connectivity index (χ2v) is 3.76. The third-order valence-corrected chi connectivity index (χ3v) is 2.96. The molecule has 1 heteroatoms. The predicted octanol–water partition coefficient (Wildman–Crippen LogP) is 3.17. The Kier molecular flexibility index (Phi) is 2.65. The summed E-state index contributed by atoms with van der Waals surface area (Å²) in [7, 11) is 1.82. The van der Waals surface area contributed by atoms with Crippen molar-refractivity contribution in [3.05, 3.63) is 35.9 Å². The van der Waals surface area contributed by atoms with E-state index in [-0.39, 0.29) is 0 Å². The Bertz CT molecular complexity index is 251. The molecule has 0 N–H and O–H groups in total. The van der Waals surface area contributed by atoms with Gasteiger partial charge >= 0.3 is 0 Å². The van der Waals surface area contributed by atoms with E-state index >= 15 is 0 Å². The number of hydrogen-bond donors (Lipinski definition) is 0. The van der Waals surface area contributed by atoms with Crippen LogP contribution in [0.15, 0.2) is 30.3 Å². The topological polar surface area (TPSA) is 9.23 Å². The van der Waals surface area contributed by atoms with Crippen LogP contribution in [0.2, 0.25) is 0 Å². The molecule has 1 aliphatic rings. The number of methoxy groups -OCH3 is 1. The molecule has 1 fully saturated rings. The van der Waals surface area contributed by atoms with Crippen molar-refractivity contribution in [3.8, 4) is 0 Å². The van der Waals surface area contributed by atoms with Crippen molar-refractivity contribution in [3.63, 3.8) is 0 Å². The number of ether oxygens (including phenoxy) is 1. The van der Waals surface area contributed by atoms with Gasteiger partial charge in [-0.05, 0) is 24.3 Å². The van der Waals surface area contributed by atoms with Gasteiger partial charge in [0.1, 0.15) is 0 Å². The third kappa shape index (κ3) is 1.75. The summed E-state index contributed by atoms with van der Waals surface area (Å²) >= 11 is 0. The van der Waals surface area contributed by atoms with Gasteiger partial charge < -0.3 is 4.74 Å². The molecule has 1 saturated carbocycles. The molecule has 2 rings (SSSR count). The fraction of sp³-hybridized carbons (Fsp3) is 0.500. The van der Waals surface area contributed by atoms with Gasteiger partial charge in [-0.3, -0.25) is 0 Å². The van der Waals surface area contributed by atoms with Crippen LogP contribution in [0.1, 0.15) is 30.9 Å². The number of hydrogen-bond acceptors (Lipinski definition) is 1. The first kappa shape index (κ1) is 8.76. The van der Waals surface area contributed by atoms with E-state index < -0.39 is 0 Å². The molecule has 0 saturated heterocycles. The maximum absolute atomic E-state index is 5.54. The minimum atomic E-state index is 0.329. The van der Waals surface area contributed by atoms with Crippen LogP contribution in [0.4, 0.5) is 0 Å². The van der Waals surface area contributed by atoms with Crippen molar-refractivity contribution in [2.75, 3.05) is 7.11 Å². The van der Waals surface area contributed by atoms with Gasteiger partial charge in [0.2, 0.25) is 0 Å². The summed E-state index contributed by atoms with van der Waals surface area (Å²) in [5.41, 5.74) is 1.33. The lowest BCUT2D eigenvalue weighted by molar-refractivity contribution is 0.0179. The molecule has 1 nitrogen and oxygen atoms in total. The number of rotatable bonds is 3. The van der Waals surface area contributed by atoms with Gasteiger partial charge in [-0.2, -0.15) is 0 Å². The van der Waals surface area contributed by atoms with Crippen LogP contribution in [0.25, 0.3) is 0 Å². The van der Waals surface area contributed by atoms with Gasteiger partial charge in [-0.1, -0.05) is 36.8 Å². The van der Waals surface area contributed by atoms with Gasteiger partial charge in [0, 0.05) is 7.11 Å². The van der Waals surface area contributed by atoms with Crippen molar-refractivity contribution < 1.29 is 4.74 Å². The minimum Gasteiger partial charge on any atom is -0.376 e. The van der Waals surface area contributed by atoms with E-state index in [1.807, 2.05) is 7.11 Å². The average molecular weight is 176 g/mol. The summed E-state index contributed by atoms with van der Waals surface area (Å²) in [5.74, 6) is 0.757. The molecule has 1 atom stereocenters. The molecule has 1 aromatic rings. The van der Waals surface area contributed by atoms with Crippen LogP contribution < -0.4 is 0 Å². The molecule has 0 heterocycles. The lowest BCUT2D eigenvalue weighted by Gasteiger charge is -2.32. The predicted molar refractivity (Wildman–Crippen MR) is 53.5 cm³/mol. The third-order valence-electron chi connectivity index (χ3n) is 2.96. The lowest BCUT2D eigenvalue weighted by atomic mass is 9.79. The quantitative estimate of drug-likeness (QED) is 0.687. The molecule has 0 amide bonds. The van der Waals surface area contributed by atoms with Crippen molar-refractivity contribution in [1.29, 1.82) is 0 Å². The van der Waals surface area contributed by atoms with Crippen molar-refractivity contribution in [2.45, 2.75) is 25.4 Å². The SMILES string of the molecule is COC(c1ccccc1)C1CCC1. The fourth-order valence-corrected chi connectivity index (χ4v) is 1.99. The molecule has 0 aromatic heterocycles. The standard InChI is InChI=1S/C12H16O/c1-13-12(11-8-5-9-11)10-6-3-2-4-7-10/h2-4,6-7,11-12H,5,8-9H2,1H3. The first-order valence-corrected chi connectivity index (χ1v) is 4.99. The molecule has 1 unspecified atom stereocenters. The normalized spacial score (nSPS) is 19.5. The van der Waals surface area contributed by atoms with E-state index in [1.165, 1.54) is 24.8 Å². The van der Waals surface area contributed by atoms with E-state index in [0.717, 1.165) is 5.92 Å². The Morgan fingerprint density at radius 1 is 1.23 bits per heavy atom. The van der Waals surface area contributed by atoms with Gasteiger partial charge in [0.25, 0.3) is 0 Å². The highest BCUT2D eigenvalue weighted by molar-refractivity contribution is 5.18. The van der Waals surface area contributed by atoms with E-state index in [4.69, 9.17) is 4.74 Å². The van der Waals surface area contributed by atoms with E-state index in [1.54, 1.807) is 0 Å². The van der Waals surface area contributed by atoms with E-state index in [0.29, 0.717) is 6.10 Å². The Balaban J connectivity index is 2.12. The van der Waals surface area contributed by atoms with Crippen molar-refractivity contribution in [2.24, 2.45) is 5.92 Å². The first-order valence-electron chi connectivity index (χ1n) is 4.99. The zero-order valence-corrected chi connectivity index (χ0v) is 8.07. The highest BCUT2D eigenvalue weighted by atomic mass is 16.5. The van der Waals surface area contributed by atoms with Gasteiger partial charge in [-0.15, -0.1) is 0 Å². The smallest absolute Gasteiger partial charge is 0.0849 e. The second kappa shape index (κ2) is 3.93. The zero-order valence-electron chi connectivity index (χ0n) is 8.07. The van der Waals surface area contributed by atoms with E-state index in [9.17, 15) is 0 Å². The highest BCUT2D eigenvalue weighted by Gasteiger charge is 2.27. The molecule has 70 valence electrons. The maximum atomic E-state index is 5.54. The monoisotopic (exact) mass is 176 g/mol. The number of benzene rings is 1. The summed E-state index contributed by atoms with van der Waals surface area (Å²) in [6.07, 6.45) is 4.35. The molecular weight excluding hydrogens is 160 g/mol. The Morgan fingerprint density at radius 3 is 2.38 bits per heavy atom. The second-order valence-electron chi connectivity index (χ2n) is 3.76. The Labute approximate surface area is 79.7 Å². The van der Waals surface area contributed by atoms with Gasteiger partial charge in [0.15, 0.2) is 0 Å². The molecule has 0 aliphatic heterocycles. The summed E-state index contributed by atoms with van der Waals surface area (Å²) in [6.45, 7) is 0. The molecule has 1 aliphatic carbocycles. The van der Waals surface area contributed by atoms with Crippen LogP contribution in [0.5, 0.6) is 0 Å². The molecule has 1 aromatic carbocycles. The maximum Gasteiger partial charge on any atom is 0.0849 e. The zero-order chi connectivity index (χ0) is 9.10. The van der Waals surface area contributed by atoms with Gasteiger partial charge in [-0.25, -0.2) is 0 Å².